The molecule has 0 saturated carbocycles. The molecule has 1 saturated heterocycles. The molecule has 0 bridgehead atoms. The summed E-state index contributed by atoms with van der Waals surface area (Å²) in [5.74, 6) is 0.758. The predicted molar refractivity (Wildman–Crippen MR) is 72.9 cm³/mol. The fourth-order valence-corrected chi connectivity index (χ4v) is 2.54. The molecule has 2 nitrogen and oxygen atoms in total. The van der Waals surface area contributed by atoms with E-state index in [4.69, 9.17) is 18.0 Å². The Kier molecular flexibility index (Phi) is 3.44. The molecule has 2 rings (SSSR count). The van der Waals surface area contributed by atoms with E-state index in [1.807, 2.05) is 12.1 Å². The number of hydrogen-bond donors (Lipinski definition) is 1. The summed E-state index contributed by atoms with van der Waals surface area (Å²) in [5, 5.41) is 0. The monoisotopic (exact) mass is 234 g/mol. The number of nitrogens with zero attached hydrogens (tertiary/aromatic N) is 1. The van der Waals surface area contributed by atoms with Gasteiger partial charge in [0.05, 0.1) is 0 Å². The van der Waals surface area contributed by atoms with Crippen LogP contribution < -0.4 is 10.6 Å². The second kappa shape index (κ2) is 4.83. The van der Waals surface area contributed by atoms with Gasteiger partial charge in [0.15, 0.2) is 0 Å². The average Bonchev–Trinajstić information content (AvgIpc) is 2.29. The summed E-state index contributed by atoms with van der Waals surface area (Å²) < 4.78 is 0. The van der Waals surface area contributed by atoms with Crippen molar-refractivity contribution in [2.45, 2.75) is 19.8 Å². The highest BCUT2D eigenvalue weighted by atomic mass is 32.1. The zero-order valence-corrected chi connectivity index (χ0v) is 10.5. The first-order valence-electron chi connectivity index (χ1n) is 5.82. The van der Waals surface area contributed by atoms with Crippen molar-refractivity contribution in [3.8, 4) is 0 Å². The van der Waals surface area contributed by atoms with Gasteiger partial charge >= 0.3 is 0 Å². The molecule has 0 aliphatic carbocycles. The van der Waals surface area contributed by atoms with Crippen LogP contribution in [0.4, 0.5) is 5.69 Å². The molecule has 1 fully saturated rings. The van der Waals surface area contributed by atoms with Gasteiger partial charge in [-0.05, 0) is 30.9 Å². The normalized spacial score (nSPS) is 20.8. The molecule has 0 aromatic heterocycles. The summed E-state index contributed by atoms with van der Waals surface area (Å²) in [5.41, 5.74) is 7.96. The average molecular weight is 234 g/mol. The Morgan fingerprint density at radius 3 is 2.88 bits per heavy atom. The van der Waals surface area contributed by atoms with E-state index in [-0.39, 0.29) is 0 Å². The van der Waals surface area contributed by atoms with Crippen LogP contribution in [0.25, 0.3) is 0 Å². The molecule has 3 heteroatoms. The van der Waals surface area contributed by atoms with Crippen LogP contribution >= 0.6 is 12.2 Å². The zero-order chi connectivity index (χ0) is 11.5. The minimum atomic E-state index is 0.494. The first-order valence-corrected chi connectivity index (χ1v) is 6.23. The summed E-state index contributed by atoms with van der Waals surface area (Å²) in [6, 6.07) is 8.17. The smallest absolute Gasteiger partial charge is 0.106 e. The third-order valence-electron chi connectivity index (χ3n) is 3.17. The van der Waals surface area contributed by atoms with E-state index in [1.165, 1.54) is 18.5 Å². The Bertz CT molecular complexity index is 389. The highest BCUT2D eigenvalue weighted by Crippen LogP contribution is 2.26. The molecule has 1 aliphatic rings. The van der Waals surface area contributed by atoms with E-state index < -0.39 is 0 Å². The minimum absolute atomic E-state index is 0.494. The molecule has 0 amide bonds. The summed E-state index contributed by atoms with van der Waals surface area (Å²) in [7, 11) is 0. The topological polar surface area (TPSA) is 29.3 Å². The van der Waals surface area contributed by atoms with Crippen molar-refractivity contribution in [3.05, 3.63) is 29.8 Å². The minimum Gasteiger partial charge on any atom is -0.389 e. The standard InChI is InChI=1S/C13H18N2S/c1-10-5-4-8-15(9-10)12-7-3-2-6-11(12)13(14)16/h2-3,6-7,10H,4-5,8-9H2,1H3,(H2,14,16). The first-order chi connectivity index (χ1) is 7.68. The molecule has 1 heterocycles. The molecule has 0 radical (unpaired) electrons. The van der Waals surface area contributed by atoms with Crippen LogP contribution in [0.2, 0.25) is 0 Å². The maximum atomic E-state index is 5.76. The molecule has 1 atom stereocenters. The Morgan fingerprint density at radius 2 is 2.19 bits per heavy atom. The van der Waals surface area contributed by atoms with E-state index in [0.717, 1.165) is 24.6 Å². The van der Waals surface area contributed by atoms with Crippen molar-refractivity contribution < 1.29 is 0 Å². The zero-order valence-electron chi connectivity index (χ0n) is 9.65. The molecule has 2 N–H and O–H groups in total. The third kappa shape index (κ3) is 2.35. The molecule has 0 spiro atoms. The lowest BCUT2D eigenvalue weighted by molar-refractivity contribution is 0.447. The second-order valence-electron chi connectivity index (χ2n) is 4.57. The van der Waals surface area contributed by atoms with Gasteiger partial charge in [-0.3, -0.25) is 0 Å². The van der Waals surface area contributed by atoms with Crippen molar-refractivity contribution in [1.29, 1.82) is 0 Å². The van der Waals surface area contributed by atoms with Gasteiger partial charge in [0.1, 0.15) is 4.99 Å². The fourth-order valence-electron chi connectivity index (χ4n) is 2.37. The Hall–Kier alpha value is -1.09. The van der Waals surface area contributed by atoms with E-state index in [1.54, 1.807) is 0 Å². The van der Waals surface area contributed by atoms with Gasteiger partial charge in [0.25, 0.3) is 0 Å². The van der Waals surface area contributed by atoms with Crippen molar-refractivity contribution in [3.63, 3.8) is 0 Å². The van der Waals surface area contributed by atoms with Crippen molar-refractivity contribution >= 4 is 22.9 Å². The summed E-state index contributed by atoms with van der Waals surface area (Å²) in [6.45, 7) is 4.53. The quantitative estimate of drug-likeness (QED) is 0.797. The fraction of sp³-hybridized carbons (Fsp3) is 0.462. The number of benzene rings is 1. The highest BCUT2D eigenvalue weighted by molar-refractivity contribution is 7.80. The lowest BCUT2D eigenvalue weighted by Crippen LogP contribution is -2.35. The molecule has 86 valence electrons. The van der Waals surface area contributed by atoms with Gasteiger partial charge in [-0.25, -0.2) is 0 Å². The molecule has 1 aromatic carbocycles. The number of rotatable bonds is 2. The largest absolute Gasteiger partial charge is 0.389 e. The first kappa shape index (κ1) is 11.4. The summed E-state index contributed by atoms with van der Waals surface area (Å²) >= 11 is 5.10. The van der Waals surface area contributed by atoms with Crippen LogP contribution in [-0.2, 0) is 0 Å². The van der Waals surface area contributed by atoms with Crippen LogP contribution in [0.3, 0.4) is 0 Å². The van der Waals surface area contributed by atoms with Gasteiger partial charge in [0.2, 0.25) is 0 Å². The molecular formula is C13H18N2S. The number of hydrogen-bond acceptors (Lipinski definition) is 2. The van der Waals surface area contributed by atoms with Gasteiger partial charge in [-0.15, -0.1) is 0 Å². The predicted octanol–water partition coefficient (Wildman–Crippen LogP) is 2.56. The maximum absolute atomic E-state index is 5.76. The van der Waals surface area contributed by atoms with E-state index >= 15 is 0 Å². The van der Waals surface area contributed by atoms with Crippen molar-refractivity contribution in [1.82, 2.24) is 0 Å². The van der Waals surface area contributed by atoms with Crippen LogP contribution in [-0.4, -0.2) is 18.1 Å². The van der Waals surface area contributed by atoms with Crippen LogP contribution in [0.5, 0.6) is 0 Å². The lowest BCUT2D eigenvalue weighted by Gasteiger charge is -2.34. The number of thiocarbonyl (C=S) groups is 1. The maximum Gasteiger partial charge on any atom is 0.106 e. The Balaban J connectivity index is 2.28. The molecule has 1 aliphatic heterocycles. The second-order valence-corrected chi connectivity index (χ2v) is 5.01. The van der Waals surface area contributed by atoms with E-state index in [0.29, 0.717) is 4.99 Å². The van der Waals surface area contributed by atoms with E-state index in [2.05, 4.69) is 24.0 Å². The molecular weight excluding hydrogens is 216 g/mol. The summed E-state index contributed by atoms with van der Waals surface area (Å²) in [6.07, 6.45) is 2.58. The van der Waals surface area contributed by atoms with Gasteiger partial charge in [0, 0.05) is 24.3 Å². The Morgan fingerprint density at radius 1 is 1.44 bits per heavy atom. The number of piperidine rings is 1. The summed E-state index contributed by atoms with van der Waals surface area (Å²) in [4.78, 5) is 2.90. The number of para-hydroxylation sites is 1. The molecule has 1 unspecified atom stereocenters. The van der Waals surface area contributed by atoms with Crippen LogP contribution in [0.15, 0.2) is 24.3 Å². The van der Waals surface area contributed by atoms with Gasteiger partial charge < -0.3 is 10.6 Å². The number of anilines is 1. The molecule has 1 aromatic rings. The SMILES string of the molecule is CC1CCCN(c2ccccc2C(N)=S)C1. The van der Waals surface area contributed by atoms with E-state index in [9.17, 15) is 0 Å². The molecule has 16 heavy (non-hydrogen) atoms. The van der Waals surface area contributed by atoms with Crippen molar-refractivity contribution in [2.24, 2.45) is 11.7 Å². The highest BCUT2D eigenvalue weighted by Gasteiger charge is 2.19. The lowest BCUT2D eigenvalue weighted by atomic mass is 9.99. The van der Waals surface area contributed by atoms with Gasteiger partial charge in [-0.1, -0.05) is 31.3 Å². The number of nitrogens with two attached hydrogens (primary N) is 1. The third-order valence-corrected chi connectivity index (χ3v) is 3.39. The van der Waals surface area contributed by atoms with Crippen molar-refractivity contribution in [2.75, 3.05) is 18.0 Å². The Labute approximate surface area is 102 Å². The van der Waals surface area contributed by atoms with Crippen LogP contribution in [0.1, 0.15) is 25.3 Å². The van der Waals surface area contributed by atoms with Crippen LogP contribution in [0, 0.1) is 5.92 Å². The van der Waals surface area contributed by atoms with Gasteiger partial charge in [-0.2, -0.15) is 0 Å².